The van der Waals surface area contributed by atoms with Crippen molar-refractivity contribution in [1.82, 2.24) is 0 Å². The molecule has 0 bridgehead atoms. The Bertz CT molecular complexity index is 1060. The van der Waals surface area contributed by atoms with Gasteiger partial charge in [0.05, 0.1) is 29.5 Å². The number of amides is 2. The van der Waals surface area contributed by atoms with E-state index >= 15 is 0 Å². The molecule has 1 aliphatic heterocycles. The monoisotopic (exact) mass is 493 g/mol. The number of aliphatic carboxylic acids is 1. The van der Waals surface area contributed by atoms with E-state index in [0.29, 0.717) is 30.8 Å². The molecule has 1 saturated heterocycles. The first-order chi connectivity index (χ1) is 16.0. The number of carboxylic acid groups (broad SMARTS) is 1. The maximum Gasteiger partial charge on any atom is 0.323 e. The molecule has 0 unspecified atom stereocenters. The largest absolute Gasteiger partial charge is 0.481 e. The van der Waals surface area contributed by atoms with E-state index in [2.05, 4.69) is 10.6 Å². The van der Waals surface area contributed by atoms with Crippen molar-refractivity contribution in [2.75, 3.05) is 22.1 Å². The quantitative estimate of drug-likeness (QED) is 0.377. The van der Waals surface area contributed by atoms with Crippen LogP contribution < -0.4 is 15.5 Å². The van der Waals surface area contributed by atoms with Crippen molar-refractivity contribution in [2.45, 2.75) is 64.1 Å². The van der Waals surface area contributed by atoms with E-state index in [1.807, 2.05) is 17.9 Å². The minimum Gasteiger partial charge on any atom is -0.481 e. The Kier molecular flexibility index (Phi) is 8.02. The van der Waals surface area contributed by atoms with Crippen molar-refractivity contribution in [3.63, 3.8) is 0 Å². The second-order valence-corrected chi connectivity index (χ2v) is 9.54. The summed E-state index contributed by atoms with van der Waals surface area (Å²) in [4.78, 5) is 26.0. The predicted octanol–water partition coefficient (Wildman–Crippen LogP) is 6.81. The average molecular weight is 494 g/mol. The molecule has 184 valence electrons. The SMILES string of the molecule is CC[C@H](CC(=O)O)c1ccc(N2CCC[C@H]2C(C)(C)F)c(NC(=O)Nc2ccc(Cl)cc2F)c1. The third-order valence-corrected chi connectivity index (χ3v) is 6.42. The van der Waals surface area contributed by atoms with E-state index < -0.39 is 23.5 Å². The summed E-state index contributed by atoms with van der Waals surface area (Å²) in [6, 6.07) is 8.21. The van der Waals surface area contributed by atoms with Crippen LogP contribution in [0, 0.1) is 5.82 Å². The highest BCUT2D eigenvalue weighted by Gasteiger charge is 2.38. The van der Waals surface area contributed by atoms with Gasteiger partial charge in [0.25, 0.3) is 0 Å². The first-order valence-electron chi connectivity index (χ1n) is 11.3. The van der Waals surface area contributed by atoms with Crippen molar-refractivity contribution in [3.05, 3.63) is 52.8 Å². The number of carboxylic acids is 1. The molecule has 2 aromatic carbocycles. The lowest BCUT2D eigenvalue weighted by Gasteiger charge is -2.35. The van der Waals surface area contributed by atoms with Crippen molar-refractivity contribution < 1.29 is 23.5 Å². The van der Waals surface area contributed by atoms with E-state index in [4.69, 9.17) is 11.6 Å². The van der Waals surface area contributed by atoms with Gasteiger partial charge in [-0.05, 0) is 74.9 Å². The zero-order valence-electron chi connectivity index (χ0n) is 19.5. The predicted molar refractivity (Wildman–Crippen MR) is 131 cm³/mol. The Morgan fingerprint density at radius 1 is 1.21 bits per heavy atom. The molecule has 1 heterocycles. The summed E-state index contributed by atoms with van der Waals surface area (Å²) in [7, 11) is 0. The number of carbonyl (C=O) groups excluding carboxylic acids is 1. The van der Waals surface area contributed by atoms with Gasteiger partial charge >= 0.3 is 12.0 Å². The Labute approximate surface area is 203 Å². The van der Waals surface area contributed by atoms with Gasteiger partial charge in [-0.25, -0.2) is 13.6 Å². The summed E-state index contributed by atoms with van der Waals surface area (Å²) in [6.07, 6.45) is 2.01. The molecule has 1 fully saturated rings. The fourth-order valence-corrected chi connectivity index (χ4v) is 4.66. The van der Waals surface area contributed by atoms with E-state index in [1.54, 1.807) is 12.1 Å². The number of nitrogens with zero attached hydrogens (tertiary/aromatic N) is 1. The number of halogens is 3. The fourth-order valence-electron chi connectivity index (χ4n) is 4.50. The van der Waals surface area contributed by atoms with Crippen LogP contribution in [-0.2, 0) is 4.79 Å². The molecule has 9 heteroatoms. The zero-order valence-corrected chi connectivity index (χ0v) is 20.3. The number of carbonyl (C=O) groups is 2. The summed E-state index contributed by atoms with van der Waals surface area (Å²) in [6.45, 7) is 5.58. The van der Waals surface area contributed by atoms with Gasteiger partial charge in [-0.3, -0.25) is 4.79 Å². The molecule has 2 amide bonds. The summed E-state index contributed by atoms with van der Waals surface area (Å²) in [5.41, 5.74) is 0.284. The van der Waals surface area contributed by atoms with E-state index in [0.717, 1.165) is 18.1 Å². The molecule has 2 aromatic rings. The van der Waals surface area contributed by atoms with Gasteiger partial charge in [0.15, 0.2) is 0 Å². The molecular formula is C25H30ClF2N3O3. The van der Waals surface area contributed by atoms with Gasteiger partial charge in [-0.1, -0.05) is 24.6 Å². The van der Waals surface area contributed by atoms with Crippen LogP contribution in [0.2, 0.25) is 5.02 Å². The minimum atomic E-state index is -1.46. The topological polar surface area (TPSA) is 81.7 Å². The fraction of sp³-hybridized carbons (Fsp3) is 0.440. The Hall–Kier alpha value is -2.87. The van der Waals surface area contributed by atoms with Gasteiger partial charge in [0.2, 0.25) is 0 Å². The number of urea groups is 1. The zero-order chi connectivity index (χ0) is 25.0. The third-order valence-electron chi connectivity index (χ3n) is 6.19. The van der Waals surface area contributed by atoms with Crippen LogP contribution in [-0.4, -0.2) is 35.4 Å². The van der Waals surface area contributed by atoms with Crippen molar-refractivity contribution in [3.8, 4) is 0 Å². The van der Waals surface area contributed by atoms with Crippen molar-refractivity contribution in [1.29, 1.82) is 0 Å². The second kappa shape index (κ2) is 10.6. The molecular weight excluding hydrogens is 464 g/mol. The van der Waals surface area contributed by atoms with E-state index in [-0.39, 0.29) is 29.1 Å². The molecule has 1 aliphatic rings. The number of alkyl halides is 1. The van der Waals surface area contributed by atoms with Crippen LogP contribution in [0.1, 0.15) is 57.9 Å². The van der Waals surface area contributed by atoms with Crippen LogP contribution in [0.25, 0.3) is 0 Å². The lowest BCUT2D eigenvalue weighted by atomic mass is 9.92. The molecule has 0 radical (unpaired) electrons. The summed E-state index contributed by atoms with van der Waals surface area (Å²) >= 11 is 5.78. The summed E-state index contributed by atoms with van der Waals surface area (Å²) < 4.78 is 29.1. The van der Waals surface area contributed by atoms with Crippen LogP contribution in [0.15, 0.2) is 36.4 Å². The molecule has 0 aliphatic carbocycles. The lowest BCUT2D eigenvalue weighted by Crippen LogP contribution is -2.43. The van der Waals surface area contributed by atoms with Crippen LogP contribution in [0.4, 0.5) is 30.6 Å². The molecule has 0 spiro atoms. The number of hydrogen-bond acceptors (Lipinski definition) is 3. The highest BCUT2D eigenvalue weighted by molar-refractivity contribution is 6.30. The first-order valence-corrected chi connectivity index (χ1v) is 11.7. The molecule has 34 heavy (non-hydrogen) atoms. The number of hydrogen-bond donors (Lipinski definition) is 3. The number of anilines is 3. The van der Waals surface area contributed by atoms with E-state index in [9.17, 15) is 23.5 Å². The van der Waals surface area contributed by atoms with E-state index in [1.165, 1.54) is 26.0 Å². The number of nitrogens with one attached hydrogen (secondary N) is 2. The highest BCUT2D eigenvalue weighted by Crippen LogP contribution is 2.39. The Morgan fingerprint density at radius 3 is 2.53 bits per heavy atom. The third kappa shape index (κ3) is 6.17. The second-order valence-electron chi connectivity index (χ2n) is 9.10. The highest BCUT2D eigenvalue weighted by atomic mass is 35.5. The first kappa shape index (κ1) is 25.7. The van der Waals surface area contributed by atoms with Gasteiger partial charge in [-0.15, -0.1) is 0 Å². The van der Waals surface area contributed by atoms with Crippen LogP contribution in [0.3, 0.4) is 0 Å². The maximum absolute atomic E-state index is 14.9. The molecule has 3 rings (SSSR count). The Morgan fingerprint density at radius 2 is 1.91 bits per heavy atom. The standard InChI is InChI=1S/C25H30ClF2N3O3/c1-4-15(13-23(32)33)16-7-10-21(31-11-5-6-22(31)25(2,3)28)20(12-16)30-24(34)29-19-9-8-17(26)14-18(19)27/h7-10,12,14-15,22H,4-6,11,13H2,1-3H3,(H,32,33)(H2,29,30,34)/t15-,22+/m1/s1. The van der Waals surface area contributed by atoms with Gasteiger partial charge in [0.1, 0.15) is 11.5 Å². The van der Waals surface area contributed by atoms with Gasteiger partial charge < -0.3 is 20.6 Å². The number of benzene rings is 2. The molecule has 0 saturated carbocycles. The van der Waals surface area contributed by atoms with Crippen molar-refractivity contribution in [2.24, 2.45) is 0 Å². The maximum atomic E-state index is 14.9. The molecule has 2 atom stereocenters. The average Bonchev–Trinajstić information content (AvgIpc) is 3.24. The molecule has 3 N–H and O–H groups in total. The lowest BCUT2D eigenvalue weighted by molar-refractivity contribution is -0.137. The van der Waals surface area contributed by atoms with Crippen LogP contribution in [0.5, 0.6) is 0 Å². The van der Waals surface area contributed by atoms with Gasteiger partial charge in [0, 0.05) is 11.6 Å². The molecule has 6 nitrogen and oxygen atoms in total. The van der Waals surface area contributed by atoms with Crippen LogP contribution >= 0.6 is 11.6 Å². The normalized spacial score (nSPS) is 16.9. The minimum absolute atomic E-state index is 0.0409. The summed E-state index contributed by atoms with van der Waals surface area (Å²) in [5.74, 6) is -1.85. The Balaban J connectivity index is 1.95. The summed E-state index contributed by atoms with van der Waals surface area (Å²) in [5, 5.41) is 14.7. The number of rotatable bonds is 8. The smallest absolute Gasteiger partial charge is 0.323 e. The molecule has 0 aromatic heterocycles. The van der Waals surface area contributed by atoms with Gasteiger partial charge in [-0.2, -0.15) is 0 Å². The van der Waals surface area contributed by atoms with Crippen molar-refractivity contribution >= 4 is 40.7 Å².